The highest BCUT2D eigenvalue weighted by atomic mass is 35.5. The molecule has 0 spiro atoms. The predicted molar refractivity (Wildman–Crippen MR) is 317 cm³/mol. The number of ketones is 1. The number of halogens is 4. The third kappa shape index (κ3) is 15.9. The molecule has 2 aliphatic heterocycles. The molecular weight excluding hydrogens is 1140 g/mol. The van der Waals surface area contributed by atoms with Gasteiger partial charge in [-0.3, -0.25) is 24.0 Å². The molecule has 4 aromatic carbocycles. The van der Waals surface area contributed by atoms with Gasteiger partial charge in [0.2, 0.25) is 17.7 Å². The van der Waals surface area contributed by atoms with Crippen molar-refractivity contribution in [3.8, 4) is 22.3 Å². The number of anilines is 1. The summed E-state index contributed by atoms with van der Waals surface area (Å²) < 4.78 is 54.6. The fourth-order valence-electron chi connectivity index (χ4n) is 10.9. The van der Waals surface area contributed by atoms with Crippen LogP contribution in [0, 0.1) is 40.7 Å². The van der Waals surface area contributed by atoms with E-state index >= 15 is 8.78 Å². The Kier molecular flexibility index (Phi) is 22.2. The molecular formula is C62H73Cl2F2N7O10S. The van der Waals surface area contributed by atoms with E-state index in [-0.39, 0.29) is 116 Å². The van der Waals surface area contributed by atoms with Gasteiger partial charge in [0.1, 0.15) is 35.4 Å². The van der Waals surface area contributed by atoms with Crippen LogP contribution in [0.1, 0.15) is 99.5 Å². The van der Waals surface area contributed by atoms with Crippen LogP contribution in [0.5, 0.6) is 5.75 Å². The number of aliphatic hydroxyl groups excluding tert-OH is 1. The highest BCUT2D eigenvalue weighted by molar-refractivity contribution is 7.13. The van der Waals surface area contributed by atoms with E-state index in [4.69, 9.17) is 42.1 Å². The van der Waals surface area contributed by atoms with Crippen molar-refractivity contribution in [2.75, 3.05) is 65.2 Å². The molecule has 7 rings (SSSR count). The molecule has 7 atom stereocenters. The van der Waals surface area contributed by atoms with Crippen molar-refractivity contribution in [2.24, 2.45) is 10.8 Å². The van der Waals surface area contributed by atoms with Crippen molar-refractivity contribution in [1.82, 2.24) is 25.8 Å². The summed E-state index contributed by atoms with van der Waals surface area (Å²) in [6.07, 6.45) is 0.174. The van der Waals surface area contributed by atoms with Gasteiger partial charge in [0.05, 0.1) is 91.2 Å². The number of aliphatic hydroxyl groups is 1. The molecule has 2 aliphatic rings. The van der Waals surface area contributed by atoms with Crippen molar-refractivity contribution in [1.29, 1.82) is 5.26 Å². The van der Waals surface area contributed by atoms with Gasteiger partial charge in [-0.1, -0.05) is 107 Å². The molecule has 0 aliphatic carbocycles. The molecule has 0 bridgehead atoms. The topological polar surface area (TPSA) is 231 Å². The Labute approximate surface area is 503 Å². The lowest BCUT2D eigenvalue weighted by Gasteiger charge is -2.37. The number of nitriles is 1. The quantitative estimate of drug-likeness (QED) is 0.0344. The van der Waals surface area contributed by atoms with Gasteiger partial charge in [0.25, 0.3) is 5.91 Å². The van der Waals surface area contributed by atoms with Gasteiger partial charge in [-0.2, -0.15) is 5.26 Å². The first kappa shape index (κ1) is 65.1. The van der Waals surface area contributed by atoms with Crippen LogP contribution in [0.15, 0.2) is 84.4 Å². The monoisotopic (exact) mass is 1220 g/mol. The number of benzene rings is 4. The highest BCUT2D eigenvalue weighted by Crippen LogP contribution is 2.53. The van der Waals surface area contributed by atoms with E-state index in [2.05, 4.69) is 32.3 Å². The Morgan fingerprint density at radius 3 is 2.29 bits per heavy atom. The van der Waals surface area contributed by atoms with E-state index in [1.165, 1.54) is 60.5 Å². The van der Waals surface area contributed by atoms with E-state index < -0.39 is 87.7 Å². The third-order valence-corrected chi connectivity index (χ3v) is 16.4. The van der Waals surface area contributed by atoms with Gasteiger partial charge >= 0.3 is 0 Å². The Morgan fingerprint density at radius 2 is 1.64 bits per heavy atom. The Morgan fingerprint density at radius 1 is 0.940 bits per heavy atom. The maximum atomic E-state index is 16.2. The second-order valence-corrected chi connectivity index (χ2v) is 25.0. The predicted octanol–water partition coefficient (Wildman–Crippen LogP) is 9.15. The number of Topliss-reactive ketones (excluding diaryl/α,β-unsaturated/α-hetero) is 1. The lowest BCUT2D eigenvalue weighted by molar-refractivity contribution is -0.144. The van der Waals surface area contributed by atoms with Crippen LogP contribution >= 0.6 is 34.5 Å². The van der Waals surface area contributed by atoms with Crippen molar-refractivity contribution < 1.29 is 56.8 Å². The molecule has 17 nitrogen and oxygen atoms in total. The summed E-state index contributed by atoms with van der Waals surface area (Å²) in [6.45, 7) is 13.7. The first-order chi connectivity index (χ1) is 39.9. The Bertz CT molecular complexity index is 3200. The average Bonchev–Trinajstić information content (AvgIpc) is 3.46. The first-order valence-electron chi connectivity index (χ1n) is 27.7. The van der Waals surface area contributed by atoms with E-state index in [1.807, 2.05) is 72.7 Å². The molecule has 0 unspecified atom stereocenters. The number of thiazole rings is 1. The molecule has 3 heterocycles. The first-order valence-corrected chi connectivity index (χ1v) is 29.4. The van der Waals surface area contributed by atoms with E-state index in [9.17, 15) is 34.3 Å². The van der Waals surface area contributed by atoms with Gasteiger partial charge in [-0.25, -0.2) is 13.8 Å². The minimum Gasteiger partial charge on any atom is -0.495 e. The molecule has 450 valence electrons. The fraction of sp³-hybridized carbons (Fsp3) is 0.468. The van der Waals surface area contributed by atoms with Crippen LogP contribution in [0.3, 0.4) is 0 Å². The average molecular weight is 1220 g/mol. The molecule has 2 fully saturated rings. The van der Waals surface area contributed by atoms with Crippen LogP contribution < -0.4 is 26.0 Å². The molecule has 0 radical (unpaired) electrons. The number of ether oxygens (including phenoxy) is 4. The zero-order valence-electron chi connectivity index (χ0n) is 48.4. The summed E-state index contributed by atoms with van der Waals surface area (Å²) in [6, 6.07) is 18.9. The molecule has 5 N–H and O–H groups in total. The molecule has 22 heteroatoms. The number of nitrogens with zero attached hydrogens (tertiary/aromatic N) is 3. The molecule has 1 aromatic heterocycles. The van der Waals surface area contributed by atoms with Gasteiger partial charge in [0.15, 0.2) is 5.78 Å². The number of nitrogens with one attached hydrogen (secondary N) is 4. The van der Waals surface area contributed by atoms with Gasteiger partial charge < -0.3 is 50.2 Å². The van der Waals surface area contributed by atoms with Crippen molar-refractivity contribution in [3.05, 3.63) is 134 Å². The second kappa shape index (κ2) is 28.7. The third-order valence-electron chi connectivity index (χ3n) is 14.9. The number of hydrogen-bond donors (Lipinski definition) is 5. The molecule has 84 heavy (non-hydrogen) atoms. The van der Waals surface area contributed by atoms with Crippen LogP contribution in [-0.4, -0.2) is 135 Å². The second-order valence-electron chi connectivity index (χ2n) is 23.3. The normalized spacial score (nSPS) is 20.0. The number of amides is 4. The van der Waals surface area contributed by atoms with Crippen LogP contribution in [0.25, 0.3) is 10.4 Å². The lowest BCUT2D eigenvalue weighted by atomic mass is 9.62. The molecule has 2 saturated heterocycles. The number of likely N-dealkylation sites (tertiary alicyclic amines) is 1. The highest BCUT2D eigenvalue weighted by Gasteiger charge is 2.61. The van der Waals surface area contributed by atoms with Crippen LogP contribution in [0.2, 0.25) is 10.0 Å². The smallest absolute Gasteiger partial charge is 0.251 e. The molecule has 4 amide bonds. The molecule has 5 aromatic rings. The largest absolute Gasteiger partial charge is 0.495 e. The minimum atomic E-state index is -1.84. The summed E-state index contributed by atoms with van der Waals surface area (Å²) >= 11 is 14.0. The van der Waals surface area contributed by atoms with Gasteiger partial charge in [-0.05, 0) is 83.7 Å². The summed E-state index contributed by atoms with van der Waals surface area (Å²) in [7, 11) is 1.36. The Hall–Kier alpha value is -6.41. The van der Waals surface area contributed by atoms with E-state index in [0.717, 1.165) is 27.8 Å². The minimum absolute atomic E-state index is 0.0199. The zero-order chi connectivity index (χ0) is 61.1. The maximum Gasteiger partial charge on any atom is 0.251 e. The summed E-state index contributed by atoms with van der Waals surface area (Å²) in [5, 5.41) is 33.3. The maximum absolute atomic E-state index is 16.2. The number of carbonyl (C=O) groups excluding carboxylic acids is 5. The number of rotatable bonds is 25. The lowest BCUT2D eigenvalue weighted by Crippen LogP contribution is -2.57. The number of hydrogen-bond acceptors (Lipinski definition) is 14. The van der Waals surface area contributed by atoms with Gasteiger partial charge in [-0.15, -0.1) is 11.3 Å². The summed E-state index contributed by atoms with van der Waals surface area (Å²) in [5.41, 5.74) is 2.01. The number of aryl methyl sites for hydroxylation is 2. The number of β-amino-alcohol motifs (C(OH)–C–C–N with tert-alkyl or cyclic N) is 1. The van der Waals surface area contributed by atoms with Crippen LogP contribution in [-0.2, 0) is 45.2 Å². The van der Waals surface area contributed by atoms with Crippen molar-refractivity contribution in [3.63, 3.8) is 0 Å². The van der Waals surface area contributed by atoms with E-state index in [1.54, 1.807) is 16.8 Å². The number of aromatic nitrogens is 1. The van der Waals surface area contributed by atoms with Crippen molar-refractivity contribution >= 4 is 69.6 Å². The fourth-order valence-corrected chi connectivity index (χ4v) is 12.0. The van der Waals surface area contributed by atoms with Crippen molar-refractivity contribution in [2.45, 2.75) is 116 Å². The van der Waals surface area contributed by atoms with E-state index in [0.29, 0.717) is 6.42 Å². The summed E-state index contributed by atoms with van der Waals surface area (Å²) in [4.78, 5) is 75.3. The summed E-state index contributed by atoms with van der Waals surface area (Å²) in [5.74, 6) is -5.12. The zero-order valence-corrected chi connectivity index (χ0v) is 50.7. The SMILES string of the molecule is COc1cc(C(=O)NCCOCCOCCOCC(=O)N[C@H](C(=O)N2C[C@H](O)C[C@H]2C(=O)CCc2ccc(-c3scnc3C)cc2)C(C)(C)C)ccc1NC(=O)[C@@H]1N[C@@H](CC(C)(C)C)[C@](C#N)(c2ccc(Cl)cc2F)[C@H]1c1cccc(Cl)c1F. The Balaban J connectivity index is 0.838. The van der Waals surface area contributed by atoms with Gasteiger partial charge in [0, 0.05) is 54.0 Å². The van der Waals surface area contributed by atoms with Crippen LogP contribution in [0.4, 0.5) is 14.5 Å². The number of methoxy groups -OCH3 is 1. The molecule has 0 saturated carbocycles. The standard InChI is InChI=1S/C62H73Cl2F2N7O10S/c1-36-55(84-35-69-36)38-15-12-37(13-16-38)14-21-48(75)47-30-41(74)32-73(47)59(79)56(61(5,6)7)72-51(76)33-83-27-26-82-25-24-81-23-22-68-57(77)39-17-20-46(49(28-39)80-8)70-58(78)54-52(42-10-9-11-44(64)53(42)66)62(34-67,50(71-54)31-60(2,3)4)43-19-18-40(63)29-45(43)65/h9-13,15-20,28-29,35,41,47,50,52,54,56,71,74H,14,21-27,30-33H2,1-8H3,(H,68,77)(H,70,78)(H,72,76)/t41-,47+,50+,52+,54-,56-,62+/m1/s1. The number of carbonyl (C=O) groups is 5.